The lowest BCUT2D eigenvalue weighted by Gasteiger charge is -2.01. The molecular weight excluding hydrogens is 216 g/mol. The molecule has 1 N–H and O–H groups in total. The highest BCUT2D eigenvalue weighted by atomic mass is 16.1. The second kappa shape index (κ2) is 7.73. The topological polar surface area (TPSA) is 77.9 Å². The van der Waals surface area contributed by atoms with Gasteiger partial charge in [-0.15, -0.1) is 0 Å². The maximum Gasteiger partial charge on any atom is 0.244 e. The quantitative estimate of drug-likeness (QED) is 0.271. The van der Waals surface area contributed by atoms with E-state index in [0.717, 1.165) is 5.56 Å². The predicted octanol–water partition coefficient (Wildman–Crippen LogP) is 2.68. The smallest absolute Gasteiger partial charge is 0.244 e. The van der Waals surface area contributed by atoms with Crippen LogP contribution in [0.15, 0.2) is 59.9 Å². The van der Waals surface area contributed by atoms with E-state index in [2.05, 4.69) is 15.3 Å². The average Bonchev–Trinajstić information content (AvgIpc) is 2.37. The van der Waals surface area contributed by atoms with Crippen molar-refractivity contribution in [3.05, 3.63) is 70.8 Å². The summed E-state index contributed by atoms with van der Waals surface area (Å²) in [4.78, 5) is 13.8. The van der Waals surface area contributed by atoms with E-state index < -0.39 is 0 Å². The third-order valence-electron chi connectivity index (χ3n) is 1.87. The normalized spacial score (nSPS) is 10.4. The Balaban J connectivity index is 2.33. The summed E-state index contributed by atoms with van der Waals surface area (Å²) in [5.41, 5.74) is 9.03. The van der Waals surface area contributed by atoms with Crippen molar-refractivity contribution in [2.75, 3.05) is 0 Å². The highest BCUT2D eigenvalue weighted by molar-refractivity contribution is 5.87. The van der Waals surface area contributed by atoms with Gasteiger partial charge in [-0.25, -0.2) is 0 Å². The Labute approximate surface area is 99.1 Å². The van der Waals surface area contributed by atoms with Crippen molar-refractivity contribution in [3.8, 4) is 0 Å². The number of hydrogen-bond donors (Lipinski definition) is 1. The van der Waals surface area contributed by atoms with Crippen LogP contribution in [0, 0.1) is 0 Å². The largest absolute Gasteiger partial charge is 0.348 e. The number of carbonyl (C=O) groups excluding carboxylic acids is 1. The maximum absolute atomic E-state index is 11.3. The molecule has 1 aromatic carbocycles. The van der Waals surface area contributed by atoms with E-state index in [1.807, 2.05) is 30.3 Å². The molecule has 1 rings (SSSR count). The Kier molecular flexibility index (Phi) is 5.71. The Bertz CT molecular complexity index is 459. The lowest BCUT2D eigenvalue weighted by atomic mass is 10.2. The van der Waals surface area contributed by atoms with E-state index in [0.29, 0.717) is 6.54 Å². The summed E-state index contributed by atoms with van der Waals surface area (Å²) in [7, 11) is 0. The zero-order chi connectivity index (χ0) is 12.3. The summed E-state index contributed by atoms with van der Waals surface area (Å²) in [6.45, 7) is 0.490. The van der Waals surface area contributed by atoms with Gasteiger partial charge in [0.2, 0.25) is 5.91 Å². The SMILES string of the molecule is [N-]=[N+]=N/C=C/C=C/C(=O)NCc1ccccc1. The first kappa shape index (κ1) is 12.5. The van der Waals surface area contributed by atoms with Crippen LogP contribution in [0.3, 0.4) is 0 Å². The second-order valence-corrected chi connectivity index (χ2v) is 3.11. The number of carbonyl (C=O) groups is 1. The van der Waals surface area contributed by atoms with Crippen molar-refractivity contribution >= 4 is 5.91 Å². The number of nitrogens with one attached hydrogen (secondary N) is 1. The molecule has 0 unspecified atom stereocenters. The van der Waals surface area contributed by atoms with E-state index in [1.54, 1.807) is 0 Å². The molecule has 0 saturated heterocycles. The first-order chi connectivity index (χ1) is 8.33. The monoisotopic (exact) mass is 228 g/mol. The molecule has 0 spiro atoms. The molecule has 0 aliphatic carbocycles. The zero-order valence-electron chi connectivity index (χ0n) is 9.15. The summed E-state index contributed by atoms with van der Waals surface area (Å²) in [6, 6.07) is 9.63. The Morgan fingerprint density at radius 1 is 1.35 bits per heavy atom. The molecular formula is C12H12N4O. The van der Waals surface area contributed by atoms with Crippen LogP contribution in [0.4, 0.5) is 0 Å². The van der Waals surface area contributed by atoms with Crippen LogP contribution in [0.25, 0.3) is 10.4 Å². The molecule has 17 heavy (non-hydrogen) atoms. The number of amides is 1. The molecule has 0 aromatic heterocycles. The summed E-state index contributed by atoms with van der Waals surface area (Å²) in [5, 5.41) is 5.91. The fourth-order valence-corrected chi connectivity index (χ4v) is 1.10. The van der Waals surface area contributed by atoms with Crippen LogP contribution in [0.1, 0.15) is 5.56 Å². The van der Waals surface area contributed by atoms with Crippen molar-refractivity contribution in [1.29, 1.82) is 0 Å². The fourth-order valence-electron chi connectivity index (χ4n) is 1.10. The highest BCUT2D eigenvalue weighted by Crippen LogP contribution is 1.96. The van der Waals surface area contributed by atoms with Gasteiger partial charge < -0.3 is 5.32 Å². The number of nitrogens with zero attached hydrogens (tertiary/aromatic N) is 3. The van der Waals surface area contributed by atoms with Gasteiger partial charge in [-0.1, -0.05) is 47.6 Å². The Morgan fingerprint density at radius 2 is 2.12 bits per heavy atom. The van der Waals surface area contributed by atoms with Crippen LogP contribution >= 0.6 is 0 Å². The van der Waals surface area contributed by atoms with E-state index in [9.17, 15) is 4.79 Å². The predicted molar refractivity (Wildman–Crippen MR) is 65.7 cm³/mol. The highest BCUT2D eigenvalue weighted by Gasteiger charge is 1.94. The summed E-state index contributed by atoms with van der Waals surface area (Å²) < 4.78 is 0. The molecule has 0 aliphatic heterocycles. The molecule has 5 nitrogen and oxygen atoms in total. The first-order valence-corrected chi connectivity index (χ1v) is 5.02. The van der Waals surface area contributed by atoms with E-state index in [1.165, 1.54) is 24.4 Å². The molecule has 1 amide bonds. The molecule has 86 valence electrons. The van der Waals surface area contributed by atoms with Crippen LogP contribution in [-0.4, -0.2) is 5.91 Å². The third-order valence-corrected chi connectivity index (χ3v) is 1.87. The molecule has 0 aliphatic rings. The van der Waals surface area contributed by atoms with Crippen molar-refractivity contribution in [2.24, 2.45) is 5.11 Å². The maximum atomic E-state index is 11.3. The van der Waals surface area contributed by atoms with Crippen molar-refractivity contribution in [1.82, 2.24) is 5.32 Å². The number of allylic oxidation sites excluding steroid dienone is 2. The molecule has 0 radical (unpaired) electrons. The second-order valence-electron chi connectivity index (χ2n) is 3.11. The molecule has 0 heterocycles. The minimum absolute atomic E-state index is 0.195. The fraction of sp³-hybridized carbons (Fsp3) is 0.0833. The molecule has 1 aromatic rings. The van der Waals surface area contributed by atoms with E-state index >= 15 is 0 Å². The van der Waals surface area contributed by atoms with Crippen molar-refractivity contribution in [3.63, 3.8) is 0 Å². The van der Waals surface area contributed by atoms with Gasteiger partial charge >= 0.3 is 0 Å². The van der Waals surface area contributed by atoms with Gasteiger partial charge in [-0.05, 0) is 11.1 Å². The first-order valence-electron chi connectivity index (χ1n) is 5.02. The van der Waals surface area contributed by atoms with Gasteiger partial charge in [0.05, 0.1) is 0 Å². The van der Waals surface area contributed by atoms with Crippen LogP contribution in [0.2, 0.25) is 0 Å². The number of rotatable bonds is 5. The number of hydrogen-bond acceptors (Lipinski definition) is 2. The van der Waals surface area contributed by atoms with Crippen LogP contribution in [-0.2, 0) is 11.3 Å². The lowest BCUT2D eigenvalue weighted by Crippen LogP contribution is -2.20. The minimum Gasteiger partial charge on any atom is -0.348 e. The van der Waals surface area contributed by atoms with Crippen molar-refractivity contribution < 1.29 is 4.79 Å². The Hall–Kier alpha value is -2.52. The van der Waals surface area contributed by atoms with Gasteiger partial charge in [-0.2, -0.15) is 0 Å². The lowest BCUT2D eigenvalue weighted by molar-refractivity contribution is -0.116. The Morgan fingerprint density at radius 3 is 2.82 bits per heavy atom. The van der Waals surface area contributed by atoms with Crippen LogP contribution in [0.5, 0.6) is 0 Å². The van der Waals surface area contributed by atoms with Crippen molar-refractivity contribution in [2.45, 2.75) is 6.54 Å². The van der Waals surface area contributed by atoms with Crippen LogP contribution < -0.4 is 5.32 Å². The molecule has 0 saturated carbocycles. The summed E-state index contributed by atoms with van der Waals surface area (Å²) >= 11 is 0. The van der Waals surface area contributed by atoms with Gasteiger partial charge in [0.25, 0.3) is 0 Å². The van der Waals surface area contributed by atoms with Gasteiger partial charge in [0, 0.05) is 23.7 Å². The minimum atomic E-state index is -0.195. The third kappa shape index (κ3) is 5.81. The molecule has 0 bridgehead atoms. The van der Waals surface area contributed by atoms with E-state index in [-0.39, 0.29) is 5.91 Å². The van der Waals surface area contributed by atoms with Gasteiger partial charge in [0.15, 0.2) is 0 Å². The van der Waals surface area contributed by atoms with E-state index in [4.69, 9.17) is 5.53 Å². The summed E-state index contributed by atoms with van der Waals surface area (Å²) in [6.07, 6.45) is 5.63. The number of benzene rings is 1. The zero-order valence-corrected chi connectivity index (χ0v) is 9.15. The molecule has 5 heteroatoms. The molecule has 0 fully saturated rings. The molecule has 0 atom stereocenters. The van der Waals surface area contributed by atoms with Gasteiger partial charge in [0.1, 0.15) is 0 Å². The van der Waals surface area contributed by atoms with Gasteiger partial charge in [-0.3, -0.25) is 4.79 Å². The summed E-state index contributed by atoms with van der Waals surface area (Å²) in [5.74, 6) is -0.195. The standard InChI is InChI=1S/C12H12N4O/c13-16-15-9-5-4-8-12(17)14-10-11-6-2-1-3-7-11/h1-9H,10H2,(H,14,17)/b8-4+,9-5+. The number of azide groups is 1. The average molecular weight is 228 g/mol.